The lowest BCUT2D eigenvalue weighted by atomic mass is 10.1. The van der Waals surface area contributed by atoms with E-state index in [2.05, 4.69) is 29.1 Å². The summed E-state index contributed by atoms with van der Waals surface area (Å²) in [7, 11) is 0. The van der Waals surface area contributed by atoms with Crippen LogP contribution in [0.5, 0.6) is 0 Å². The third kappa shape index (κ3) is 2.52. The van der Waals surface area contributed by atoms with Gasteiger partial charge in [0.2, 0.25) is 0 Å². The largest absolute Gasteiger partial charge is 0.378 e. The Hall–Kier alpha value is -1.00. The van der Waals surface area contributed by atoms with Crippen molar-refractivity contribution in [1.82, 2.24) is 15.3 Å². The van der Waals surface area contributed by atoms with Crippen LogP contribution in [0.3, 0.4) is 0 Å². The molecule has 2 rings (SSSR count). The minimum absolute atomic E-state index is 0.222. The molecule has 15 heavy (non-hydrogen) atoms. The van der Waals surface area contributed by atoms with Crippen molar-refractivity contribution in [2.75, 3.05) is 19.8 Å². The van der Waals surface area contributed by atoms with Gasteiger partial charge in [0.05, 0.1) is 24.9 Å². The lowest BCUT2D eigenvalue weighted by Gasteiger charge is -2.23. The summed E-state index contributed by atoms with van der Waals surface area (Å²) in [6.07, 6.45) is 1.83. The van der Waals surface area contributed by atoms with Crippen molar-refractivity contribution in [3.8, 4) is 0 Å². The van der Waals surface area contributed by atoms with Crippen LogP contribution in [-0.4, -0.2) is 29.7 Å². The van der Waals surface area contributed by atoms with E-state index in [1.54, 1.807) is 0 Å². The molecule has 0 aromatic carbocycles. The first-order chi connectivity index (χ1) is 7.27. The number of ether oxygens (including phenoxy) is 1. The molecule has 0 radical (unpaired) electrons. The summed E-state index contributed by atoms with van der Waals surface area (Å²) in [6, 6.07) is 2.18. The monoisotopic (exact) mass is 207 g/mol. The zero-order chi connectivity index (χ0) is 10.7. The first-order valence-corrected chi connectivity index (χ1v) is 5.41. The highest BCUT2D eigenvalue weighted by atomic mass is 16.5. The fourth-order valence-electron chi connectivity index (χ4n) is 1.62. The number of morpholine rings is 1. The molecule has 1 saturated heterocycles. The van der Waals surface area contributed by atoms with Crippen LogP contribution in [0.15, 0.2) is 12.3 Å². The molecule has 1 aromatic heterocycles. The predicted octanol–water partition coefficient (Wildman–Crippen LogP) is 1.26. The summed E-state index contributed by atoms with van der Waals surface area (Å²) in [5.41, 5.74) is 1.04. The molecule has 82 valence electrons. The minimum atomic E-state index is 0.222. The lowest BCUT2D eigenvalue weighted by Crippen LogP contribution is -2.35. The van der Waals surface area contributed by atoms with E-state index < -0.39 is 0 Å². The van der Waals surface area contributed by atoms with Crippen molar-refractivity contribution >= 4 is 0 Å². The maximum Gasteiger partial charge on any atom is 0.131 e. The number of nitrogens with zero attached hydrogens (tertiary/aromatic N) is 2. The molecule has 1 aliphatic heterocycles. The number of hydrogen-bond donors (Lipinski definition) is 1. The van der Waals surface area contributed by atoms with Crippen molar-refractivity contribution in [3.63, 3.8) is 0 Å². The first-order valence-electron chi connectivity index (χ1n) is 5.41. The van der Waals surface area contributed by atoms with Crippen molar-refractivity contribution < 1.29 is 4.74 Å². The molecular weight excluding hydrogens is 190 g/mol. The van der Waals surface area contributed by atoms with Gasteiger partial charge in [-0.25, -0.2) is 9.97 Å². The van der Waals surface area contributed by atoms with E-state index in [9.17, 15) is 0 Å². The molecule has 0 saturated carbocycles. The third-order valence-electron chi connectivity index (χ3n) is 2.49. The predicted molar refractivity (Wildman–Crippen MR) is 57.7 cm³/mol. The molecule has 1 N–H and O–H groups in total. The van der Waals surface area contributed by atoms with Gasteiger partial charge in [0.1, 0.15) is 5.82 Å². The van der Waals surface area contributed by atoms with Crippen molar-refractivity contribution in [1.29, 1.82) is 0 Å². The van der Waals surface area contributed by atoms with Gasteiger partial charge in [0.25, 0.3) is 0 Å². The van der Waals surface area contributed by atoms with E-state index in [4.69, 9.17) is 4.74 Å². The van der Waals surface area contributed by atoms with Crippen molar-refractivity contribution in [3.05, 3.63) is 23.8 Å². The summed E-state index contributed by atoms with van der Waals surface area (Å²) in [5.74, 6) is 1.27. The molecule has 0 bridgehead atoms. The molecule has 2 heterocycles. The van der Waals surface area contributed by atoms with Crippen molar-refractivity contribution in [2.24, 2.45) is 0 Å². The number of nitrogens with one attached hydrogen (secondary N) is 1. The van der Waals surface area contributed by atoms with Crippen LogP contribution in [0.4, 0.5) is 0 Å². The van der Waals surface area contributed by atoms with Gasteiger partial charge in [-0.1, -0.05) is 13.8 Å². The Morgan fingerprint density at radius 3 is 3.07 bits per heavy atom. The second-order valence-corrected chi connectivity index (χ2v) is 4.08. The SMILES string of the molecule is CC(C)c1nccc(C2COCCN2)n1. The van der Waals surface area contributed by atoms with Crippen LogP contribution in [-0.2, 0) is 4.74 Å². The summed E-state index contributed by atoms with van der Waals surface area (Å²) in [6.45, 7) is 6.59. The summed E-state index contributed by atoms with van der Waals surface area (Å²) >= 11 is 0. The summed E-state index contributed by atoms with van der Waals surface area (Å²) in [5, 5.41) is 3.39. The Kier molecular flexibility index (Phi) is 3.28. The van der Waals surface area contributed by atoms with Gasteiger partial charge in [-0.3, -0.25) is 0 Å². The second-order valence-electron chi connectivity index (χ2n) is 4.08. The highest BCUT2D eigenvalue weighted by Crippen LogP contribution is 2.15. The van der Waals surface area contributed by atoms with E-state index in [1.807, 2.05) is 12.3 Å². The van der Waals surface area contributed by atoms with Crippen LogP contribution in [0.2, 0.25) is 0 Å². The van der Waals surface area contributed by atoms with E-state index >= 15 is 0 Å². The normalized spacial score (nSPS) is 21.9. The Morgan fingerprint density at radius 1 is 1.53 bits per heavy atom. The van der Waals surface area contributed by atoms with Gasteiger partial charge in [-0.05, 0) is 6.07 Å². The fraction of sp³-hybridized carbons (Fsp3) is 0.636. The van der Waals surface area contributed by atoms with E-state index in [-0.39, 0.29) is 6.04 Å². The van der Waals surface area contributed by atoms with Gasteiger partial charge >= 0.3 is 0 Å². The highest BCUT2D eigenvalue weighted by molar-refractivity contribution is 5.10. The molecule has 0 amide bonds. The Labute approximate surface area is 90.1 Å². The molecule has 4 nitrogen and oxygen atoms in total. The summed E-state index contributed by atoms with van der Waals surface area (Å²) in [4.78, 5) is 8.80. The maximum absolute atomic E-state index is 5.41. The molecule has 4 heteroatoms. The van der Waals surface area contributed by atoms with E-state index in [0.29, 0.717) is 12.5 Å². The minimum Gasteiger partial charge on any atom is -0.378 e. The number of rotatable bonds is 2. The topological polar surface area (TPSA) is 47.0 Å². The molecule has 0 spiro atoms. The van der Waals surface area contributed by atoms with Crippen LogP contribution in [0.25, 0.3) is 0 Å². The number of hydrogen-bond acceptors (Lipinski definition) is 4. The van der Waals surface area contributed by atoms with Crippen LogP contribution >= 0.6 is 0 Å². The molecule has 1 unspecified atom stereocenters. The molecule has 1 atom stereocenters. The summed E-state index contributed by atoms with van der Waals surface area (Å²) < 4.78 is 5.41. The molecule has 0 aliphatic carbocycles. The second kappa shape index (κ2) is 4.68. The third-order valence-corrected chi connectivity index (χ3v) is 2.49. The quantitative estimate of drug-likeness (QED) is 0.793. The molecular formula is C11H17N3O. The van der Waals surface area contributed by atoms with Crippen LogP contribution < -0.4 is 5.32 Å². The molecule has 1 aliphatic rings. The van der Waals surface area contributed by atoms with Gasteiger partial charge < -0.3 is 10.1 Å². The van der Waals surface area contributed by atoms with Gasteiger partial charge in [-0.2, -0.15) is 0 Å². The zero-order valence-electron chi connectivity index (χ0n) is 9.23. The maximum atomic E-state index is 5.41. The zero-order valence-corrected chi connectivity index (χ0v) is 9.23. The average molecular weight is 207 g/mol. The standard InChI is InChI=1S/C11H17N3O/c1-8(2)11-13-4-3-9(14-11)10-7-15-6-5-12-10/h3-4,8,10,12H,5-7H2,1-2H3. The first kappa shape index (κ1) is 10.5. The molecule has 1 fully saturated rings. The van der Waals surface area contributed by atoms with E-state index in [0.717, 1.165) is 24.7 Å². The Morgan fingerprint density at radius 2 is 2.40 bits per heavy atom. The Bertz CT molecular complexity index is 321. The van der Waals surface area contributed by atoms with Crippen molar-refractivity contribution in [2.45, 2.75) is 25.8 Å². The smallest absolute Gasteiger partial charge is 0.131 e. The average Bonchev–Trinajstić information content (AvgIpc) is 2.30. The van der Waals surface area contributed by atoms with Crippen LogP contribution in [0.1, 0.15) is 37.3 Å². The lowest BCUT2D eigenvalue weighted by molar-refractivity contribution is 0.0755. The van der Waals surface area contributed by atoms with Gasteiger partial charge in [0, 0.05) is 18.7 Å². The Balaban J connectivity index is 2.16. The number of aromatic nitrogens is 2. The van der Waals surface area contributed by atoms with Crippen LogP contribution in [0, 0.1) is 0 Å². The fourth-order valence-corrected chi connectivity index (χ4v) is 1.62. The molecule has 1 aromatic rings. The van der Waals surface area contributed by atoms with Gasteiger partial charge in [-0.15, -0.1) is 0 Å². The van der Waals surface area contributed by atoms with E-state index in [1.165, 1.54) is 0 Å². The highest BCUT2D eigenvalue weighted by Gasteiger charge is 2.17. The van der Waals surface area contributed by atoms with Gasteiger partial charge in [0.15, 0.2) is 0 Å².